The summed E-state index contributed by atoms with van der Waals surface area (Å²) in [5.74, 6) is -0.220. The molecule has 1 aliphatic rings. The summed E-state index contributed by atoms with van der Waals surface area (Å²) in [5, 5.41) is -0.596. The molecule has 2 rings (SSSR count). The third kappa shape index (κ3) is 2.47. The highest BCUT2D eigenvalue weighted by atomic mass is 32.2. The molecule has 4 nitrogen and oxygen atoms in total. The minimum atomic E-state index is -3.26. The number of benzene rings is 1. The third-order valence-electron chi connectivity index (χ3n) is 3.88. The maximum absolute atomic E-state index is 12.1. The summed E-state index contributed by atoms with van der Waals surface area (Å²) in [6.45, 7) is 2.61. The van der Waals surface area contributed by atoms with Gasteiger partial charge < -0.3 is 10.5 Å². The Bertz CT molecular complexity index is 600. The number of sulfone groups is 1. The Balaban J connectivity index is 2.45. The molecule has 0 spiro atoms. The highest BCUT2D eigenvalue weighted by Crippen LogP contribution is 2.63. The van der Waals surface area contributed by atoms with E-state index in [4.69, 9.17) is 22.7 Å². The summed E-state index contributed by atoms with van der Waals surface area (Å²) in [4.78, 5) is 0.218. The molecule has 0 heterocycles. The smallest absolute Gasteiger partial charge is 0.152 e. The Kier molecular flexibility index (Phi) is 4.18. The van der Waals surface area contributed by atoms with Crippen LogP contribution in [0.1, 0.15) is 18.4 Å². The second-order valence-electron chi connectivity index (χ2n) is 5.18. The van der Waals surface area contributed by atoms with Crippen LogP contribution in [0.25, 0.3) is 0 Å². The van der Waals surface area contributed by atoms with Gasteiger partial charge in [0.2, 0.25) is 0 Å². The van der Waals surface area contributed by atoms with Gasteiger partial charge in [-0.05, 0) is 12.5 Å². The normalized spacial score (nSPS) is 29.1. The van der Waals surface area contributed by atoms with E-state index in [1.54, 1.807) is 0 Å². The van der Waals surface area contributed by atoms with Gasteiger partial charge in [-0.3, -0.25) is 0 Å². The largest absolute Gasteiger partial charge is 0.393 e. The lowest BCUT2D eigenvalue weighted by Crippen LogP contribution is -2.33. The van der Waals surface area contributed by atoms with Gasteiger partial charge in [0, 0.05) is 18.8 Å². The Morgan fingerprint density at radius 2 is 2.00 bits per heavy atom. The number of hydrogen-bond donors (Lipinski definition) is 1. The summed E-state index contributed by atoms with van der Waals surface area (Å²) in [6, 6.07) is 9.49. The topological polar surface area (TPSA) is 69.4 Å². The van der Waals surface area contributed by atoms with E-state index in [9.17, 15) is 8.42 Å². The van der Waals surface area contributed by atoms with Gasteiger partial charge in [0.25, 0.3) is 0 Å². The van der Waals surface area contributed by atoms with Crippen LogP contribution in [0.4, 0.5) is 0 Å². The zero-order valence-corrected chi connectivity index (χ0v) is 13.2. The molecule has 1 aromatic rings. The quantitative estimate of drug-likeness (QED) is 0.806. The van der Waals surface area contributed by atoms with E-state index in [-0.39, 0.29) is 17.5 Å². The molecule has 3 atom stereocenters. The Morgan fingerprint density at radius 3 is 2.45 bits per heavy atom. The van der Waals surface area contributed by atoms with E-state index in [1.165, 1.54) is 6.26 Å². The van der Waals surface area contributed by atoms with E-state index < -0.39 is 20.5 Å². The van der Waals surface area contributed by atoms with Gasteiger partial charge in [-0.15, -0.1) is 0 Å². The molecule has 0 bridgehead atoms. The lowest BCUT2D eigenvalue weighted by Gasteiger charge is -2.16. The van der Waals surface area contributed by atoms with Crippen LogP contribution in [-0.2, 0) is 14.6 Å². The first-order valence-electron chi connectivity index (χ1n) is 6.47. The minimum Gasteiger partial charge on any atom is -0.393 e. The van der Waals surface area contributed by atoms with Crippen LogP contribution in [0, 0.1) is 5.41 Å². The summed E-state index contributed by atoms with van der Waals surface area (Å²) in [6.07, 6.45) is 1.24. The van der Waals surface area contributed by atoms with Crippen molar-refractivity contribution in [1.82, 2.24) is 0 Å². The first-order chi connectivity index (χ1) is 9.35. The zero-order valence-electron chi connectivity index (χ0n) is 11.6. The molecule has 1 aromatic carbocycles. The Morgan fingerprint density at radius 1 is 1.40 bits per heavy atom. The van der Waals surface area contributed by atoms with Crippen molar-refractivity contribution in [2.24, 2.45) is 11.1 Å². The molecule has 20 heavy (non-hydrogen) atoms. The number of hydrogen-bond acceptors (Lipinski definition) is 4. The average molecular weight is 313 g/mol. The van der Waals surface area contributed by atoms with Crippen molar-refractivity contribution < 1.29 is 13.2 Å². The van der Waals surface area contributed by atoms with E-state index in [2.05, 4.69) is 0 Å². The van der Waals surface area contributed by atoms with Gasteiger partial charge in [-0.2, -0.15) is 0 Å². The molecule has 1 aliphatic carbocycles. The number of thiocarbonyl (C=S) groups is 1. The first kappa shape index (κ1) is 15.4. The highest BCUT2D eigenvalue weighted by Gasteiger charge is 2.71. The van der Waals surface area contributed by atoms with E-state index >= 15 is 0 Å². The molecular formula is C14H19NO3S2. The number of ether oxygens (including phenoxy) is 1. The van der Waals surface area contributed by atoms with Crippen LogP contribution < -0.4 is 5.73 Å². The van der Waals surface area contributed by atoms with Crippen LogP contribution in [0.5, 0.6) is 0 Å². The van der Waals surface area contributed by atoms with Crippen molar-refractivity contribution in [2.45, 2.75) is 18.1 Å². The van der Waals surface area contributed by atoms with E-state index in [0.717, 1.165) is 5.56 Å². The number of nitrogens with two attached hydrogens (primary N) is 1. The predicted molar refractivity (Wildman–Crippen MR) is 83.5 cm³/mol. The summed E-state index contributed by atoms with van der Waals surface area (Å²) in [7, 11) is -3.26. The fraction of sp³-hybridized carbons (Fsp3) is 0.500. The summed E-state index contributed by atoms with van der Waals surface area (Å²) in [5.41, 5.74) is 6.04. The predicted octanol–water partition coefficient (Wildman–Crippen LogP) is 1.51. The molecule has 0 aromatic heterocycles. The van der Waals surface area contributed by atoms with Gasteiger partial charge >= 0.3 is 0 Å². The first-order valence-corrected chi connectivity index (χ1v) is 8.83. The highest BCUT2D eigenvalue weighted by molar-refractivity contribution is 7.92. The van der Waals surface area contributed by atoms with Gasteiger partial charge in [-0.25, -0.2) is 8.42 Å². The maximum Gasteiger partial charge on any atom is 0.152 e. The minimum absolute atomic E-state index is 0.218. The summed E-state index contributed by atoms with van der Waals surface area (Å²) < 4.78 is 29.6. The van der Waals surface area contributed by atoms with Crippen molar-refractivity contribution in [3.05, 3.63) is 35.9 Å². The third-order valence-corrected chi connectivity index (χ3v) is 5.88. The average Bonchev–Trinajstić information content (AvgIpc) is 3.08. The van der Waals surface area contributed by atoms with Crippen LogP contribution in [0.3, 0.4) is 0 Å². The molecule has 1 saturated carbocycles. The lowest BCUT2D eigenvalue weighted by molar-refractivity contribution is 0.121. The van der Waals surface area contributed by atoms with Crippen LogP contribution >= 0.6 is 12.2 Å². The SMILES string of the molecule is CCOC[C@@]1(C(N)=S)[C@H](c2ccccc2)[C@@H]1S(C)(=O)=O. The molecule has 0 saturated heterocycles. The van der Waals surface area contributed by atoms with Gasteiger partial charge in [0.1, 0.15) is 0 Å². The van der Waals surface area contributed by atoms with Crippen LogP contribution in [0.2, 0.25) is 0 Å². The van der Waals surface area contributed by atoms with Crippen LogP contribution in [-0.4, -0.2) is 38.1 Å². The Hall–Kier alpha value is -0.980. The standard InChI is InChI=1S/C14H19NO3S2/c1-3-18-9-14(13(15)19)11(12(14)20(2,16)17)10-7-5-4-6-8-10/h4-8,11-12H,3,9H2,1-2H3,(H2,15,19)/t11-,12+,14-/m1/s1. The van der Waals surface area contributed by atoms with Crippen molar-refractivity contribution in [3.8, 4) is 0 Å². The molecule has 0 unspecified atom stereocenters. The second kappa shape index (κ2) is 5.42. The Labute approximate surface area is 125 Å². The monoisotopic (exact) mass is 313 g/mol. The van der Waals surface area contributed by atoms with E-state index in [1.807, 2.05) is 37.3 Å². The van der Waals surface area contributed by atoms with Crippen molar-refractivity contribution >= 4 is 27.0 Å². The van der Waals surface area contributed by atoms with Crippen molar-refractivity contribution in [3.63, 3.8) is 0 Å². The maximum atomic E-state index is 12.1. The molecule has 0 radical (unpaired) electrons. The van der Waals surface area contributed by atoms with Gasteiger partial charge in [0.05, 0.1) is 22.3 Å². The molecule has 0 amide bonds. The molecule has 1 fully saturated rings. The molecular weight excluding hydrogens is 294 g/mol. The molecule has 110 valence electrons. The van der Waals surface area contributed by atoms with Crippen molar-refractivity contribution in [1.29, 1.82) is 0 Å². The zero-order chi connectivity index (χ0) is 15.0. The second-order valence-corrected chi connectivity index (χ2v) is 7.79. The number of rotatable bonds is 6. The molecule has 2 N–H and O–H groups in total. The van der Waals surface area contributed by atoms with Crippen molar-refractivity contribution in [2.75, 3.05) is 19.5 Å². The lowest BCUT2D eigenvalue weighted by atomic mass is 10.00. The fourth-order valence-corrected chi connectivity index (χ4v) is 5.28. The fourth-order valence-electron chi connectivity index (χ4n) is 2.97. The van der Waals surface area contributed by atoms with Gasteiger partial charge in [0.15, 0.2) is 9.84 Å². The van der Waals surface area contributed by atoms with Crippen LogP contribution in [0.15, 0.2) is 30.3 Å². The van der Waals surface area contributed by atoms with Gasteiger partial charge in [-0.1, -0.05) is 42.5 Å². The van der Waals surface area contributed by atoms with E-state index in [0.29, 0.717) is 6.61 Å². The molecule has 0 aliphatic heterocycles. The molecule has 6 heteroatoms. The summed E-state index contributed by atoms with van der Waals surface area (Å²) >= 11 is 5.16.